The van der Waals surface area contributed by atoms with Crippen molar-refractivity contribution in [2.24, 2.45) is 0 Å². The van der Waals surface area contributed by atoms with E-state index in [1.54, 1.807) is 0 Å². The van der Waals surface area contributed by atoms with Gasteiger partial charge in [0.05, 0.1) is 0 Å². The van der Waals surface area contributed by atoms with Gasteiger partial charge in [-0.05, 0) is 18.1 Å². The van der Waals surface area contributed by atoms with Crippen LogP contribution in [0.1, 0.15) is 5.89 Å². The first-order valence-corrected chi connectivity index (χ1v) is 8.43. The molecule has 0 saturated heterocycles. The van der Waals surface area contributed by atoms with E-state index in [4.69, 9.17) is 4.42 Å². The molecule has 0 radical (unpaired) electrons. The van der Waals surface area contributed by atoms with Crippen LogP contribution in [0.15, 0.2) is 28.7 Å². The lowest BCUT2D eigenvalue weighted by atomic mass is 10.3. The molecule has 2 nitrogen and oxygen atoms in total. The fourth-order valence-corrected chi connectivity index (χ4v) is 1.65. The zero-order valence-corrected chi connectivity index (χ0v) is 10.2. The van der Waals surface area contributed by atoms with E-state index >= 15 is 0 Å². The number of benzene rings is 1. The van der Waals surface area contributed by atoms with Crippen molar-refractivity contribution < 1.29 is 4.42 Å². The van der Waals surface area contributed by atoms with Crippen LogP contribution in [0.4, 0.5) is 0 Å². The van der Waals surface area contributed by atoms with Gasteiger partial charge in [0.1, 0.15) is 13.6 Å². The van der Waals surface area contributed by atoms with Crippen LogP contribution < -0.4 is 0 Å². The molecule has 1 aromatic carbocycles. The van der Waals surface area contributed by atoms with Gasteiger partial charge in [-0.2, -0.15) is 0 Å². The van der Waals surface area contributed by atoms with E-state index in [1.165, 1.54) is 0 Å². The van der Waals surface area contributed by atoms with Crippen LogP contribution in [-0.2, 0) is 0 Å². The SMILES string of the molecule is C[Si](C)(C)C#Cc1nc2ccccc2o1. The predicted molar refractivity (Wildman–Crippen MR) is 64.2 cm³/mol. The van der Waals surface area contributed by atoms with Gasteiger partial charge < -0.3 is 4.42 Å². The minimum atomic E-state index is -1.35. The molecule has 76 valence electrons. The number of aromatic nitrogens is 1. The third kappa shape index (κ3) is 2.48. The van der Waals surface area contributed by atoms with Crippen LogP contribution in [0.25, 0.3) is 11.1 Å². The second-order valence-electron chi connectivity index (χ2n) is 4.49. The smallest absolute Gasteiger partial charge is 0.273 e. The summed E-state index contributed by atoms with van der Waals surface area (Å²) in [6.45, 7) is 6.59. The number of nitrogens with zero attached hydrogens (tertiary/aromatic N) is 1. The second-order valence-corrected chi connectivity index (χ2v) is 9.24. The highest BCUT2D eigenvalue weighted by atomic mass is 28.3. The monoisotopic (exact) mass is 215 g/mol. The summed E-state index contributed by atoms with van der Waals surface area (Å²) in [4.78, 5) is 4.30. The van der Waals surface area contributed by atoms with Crippen LogP contribution >= 0.6 is 0 Å². The van der Waals surface area contributed by atoms with Gasteiger partial charge in [-0.3, -0.25) is 0 Å². The molecule has 2 aromatic rings. The lowest BCUT2D eigenvalue weighted by Crippen LogP contribution is -2.16. The summed E-state index contributed by atoms with van der Waals surface area (Å²) in [6, 6.07) is 7.71. The molecule has 0 amide bonds. The molecule has 1 aromatic heterocycles. The van der Waals surface area contributed by atoms with E-state index in [2.05, 4.69) is 36.1 Å². The number of rotatable bonds is 0. The maximum absolute atomic E-state index is 5.50. The van der Waals surface area contributed by atoms with Crippen LogP contribution in [0.3, 0.4) is 0 Å². The highest BCUT2D eigenvalue weighted by Crippen LogP contribution is 2.13. The van der Waals surface area contributed by atoms with Crippen molar-refractivity contribution in [2.45, 2.75) is 19.6 Å². The fourth-order valence-electron chi connectivity index (χ4n) is 1.17. The maximum atomic E-state index is 5.50. The zero-order valence-electron chi connectivity index (χ0n) is 9.16. The summed E-state index contributed by atoms with van der Waals surface area (Å²) < 4.78 is 5.50. The summed E-state index contributed by atoms with van der Waals surface area (Å²) in [7, 11) is -1.35. The Morgan fingerprint density at radius 2 is 1.93 bits per heavy atom. The van der Waals surface area contributed by atoms with Crippen molar-refractivity contribution in [1.29, 1.82) is 0 Å². The average Bonchev–Trinajstić information content (AvgIpc) is 2.56. The Bertz CT molecular complexity index is 507. The Morgan fingerprint density at radius 1 is 1.20 bits per heavy atom. The van der Waals surface area contributed by atoms with E-state index in [1.807, 2.05) is 24.3 Å². The second kappa shape index (κ2) is 3.56. The minimum absolute atomic E-state index is 0.527. The molecule has 0 saturated carbocycles. The normalized spacial score (nSPS) is 11.1. The molecule has 0 N–H and O–H groups in total. The highest BCUT2D eigenvalue weighted by Gasteiger charge is 2.08. The lowest BCUT2D eigenvalue weighted by molar-refractivity contribution is 0.586. The highest BCUT2D eigenvalue weighted by molar-refractivity contribution is 6.83. The quantitative estimate of drug-likeness (QED) is 0.498. The summed E-state index contributed by atoms with van der Waals surface area (Å²) in [5.74, 6) is 3.53. The van der Waals surface area contributed by atoms with Gasteiger partial charge in [0.25, 0.3) is 5.89 Å². The van der Waals surface area contributed by atoms with Crippen molar-refractivity contribution >= 4 is 19.2 Å². The summed E-state index contributed by atoms with van der Waals surface area (Å²) >= 11 is 0. The Labute approximate surface area is 90.3 Å². The van der Waals surface area contributed by atoms with Gasteiger partial charge in [-0.25, -0.2) is 4.98 Å². The van der Waals surface area contributed by atoms with Crippen LogP contribution in [0.5, 0.6) is 0 Å². The minimum Gasteiger partial charge on any atom is -0.430 e. The average molecular weight is 215 g/mol. The summed E-state index contributed by atoms with van der Waals surface area (Å²) in [5, 5.41) is 0. The Kier molecular flexibility index (Phi) is 2.37. The summed E-state index contributed by atoms with van der Waals surface area (Å²) in [5.41, 5.74) is 4.91. The van der Waals surface area contributed by atoms with Gasteiger partial charge in [0, 0.05) is 0 Å². The molecule has 2 rings (SSSR count). The third-order valence-corrected chi connectivity index (χ3v) is 2.71. The van der Waals surface area contributed by atoms with Gasteiger partial charge in [-0.1, -0.05) is 31.8 Å². The van der Waals surface area contributed by atoms with Crippen molar-refractivity contribution in [3.05, 3.63) is 30.2 Å². The largest absolute Gasteiger partial charge is 0.430 e. The molecule has 0 spiro atoms. The van der Waals surface area contributed by atoms with Gasteiger partial charge in [0.2, 0.25) is 0 Å². The van der Waals surface area contributed by atoms with Crippen molar-refractivity contribution in [1.82, 2.24) is 4.98 Å². The van der Waals surface area contributed by atoms with Crippen LogP contribution in [-0.4, -0.2) is 13.1 Å². The van der Waals surface area contributed by atoms with E-state index in [-0.39, 0.29) is 0 Å². The van der Waals surface area contributed by atoms with Crippen molar-refractivity contribution in [2.75, 3.05) is 0 Å². The van der Waals surface area contributed by atoms with Crippen LogP contribution in [0.2, 0.25) is 19.6 Å². The molecule has 0 aliphatic rings. The standard InChI is InChI=1S/C12H13NOSi/c1-15(2,3)9-8-12-13-10-6-4-5-7-11(10)14-12/h4-7H,1-3H3. The Hall–Kier alpha value is -1.53. The molecule has 0 aliphatic heterocycles. The lowest BCUT2D eigenvalue weighted by Gasteiger charge is -2.01. The van der Waals surface area contributed by atoms with Crippen molar-refractivity contribution in [3.63, 3.8) is 0 Å². The molecule has 0 aliphatic carbocycles. The van der Waals surface area contributed by atoms with E-state index in [0.29, 0.717) is 5.89 Å². The number of oxazole rings is 1. The fraction of sp³-hybridized carbons (Fsp3) is 0.250. The predicted octanol–water partition coefficient (Wildman–Crippen LogP) is 3.06. The molecule has 3 heteroatoms. The molecular weight excluding hydrogens is 202 g/mol. The maximum Gasteiger partial charge on any atom is 0.273 e. The van der Waals surface area contributed by atoms with E-state index < -0.39 is 8.07 Å². The van der Waals surface area contributed by atoms with Crippen LogP contribution in [0, 0.1) is 11.5 Å². The molecule has 0 atom stereocenters. The number of fused-ring (bicyclic) bond motifs is 1. The molecule has 15 heavy (non-hydrogen) atoms. The van der Waals surface area contributed by atoms with E-state index in [0.717, 1.165) is 11.1 Å². The molecule has 1 heterocycles. The molecule has 0 fully saturated rings. The van der Waals surface area contributed by atoms with Gasteiger partial charge in [-0.15, -0.1) is 5.54 Å². The zero-order chi connectivity index (χ0) is 10.9. The first-order valence-electron chi connectivity index (χ1n) is 4.93. The first-order chi connectivity index (χ1) is 7.04. The summed E-state index contributed by atoms with van der Waals surface area (Å²) in [6.07, 6.45) is 0. The first kappa shape index (κ1) is 10.0. The topological polar surface area (TPSA) is 26.0 Å². The van der Waals surface area contributed by atoms with E-state index in [9.17, 15) is 0 Å². The third-order valence-electron chi connectivity index (χ3n) is 1.84. The van der Waals surface area contributed by atoms with Gasteiger partial charge >= 0.3 is 0 Å². The van der Waals surface area contributed by atoms with Gasteiger partial charge in [0.15, 0.2) is 5.58 Å². The number of hydrogen-bond donors (Lipinski definition) is 0. The Morgan fingerprint density at radius 3 is 2.60 bits per heavy atom. The molecular formula is C12H13NOSi. The Balaban J connectivity index is 2.41. The molecule has 0 bridgehead atoms. The van der Waals surface area contributed by atoms with Crippen molar-refractivity contribution in [3.8, 4) is 11.5 Å². The number of hydrogen-bond acceptors (Lipinski definition) is 2. The number of para-hydroxylation sites is 2. The molecule has 0 unspecified atom stereocenters.